The Morgan fingerprint density at radius 2 is 1.49 bits per heavy atom. The fraction of sp³-hybridized carbons (Fsp3) is 0.914. The molecule has 0 radical (unpaired) electrons. The number of carbonyl (C=O) groups is 1. The van der Waals surface area contributed by atoms with E-state index in [0.717, 1.165) is 41.9 Å². The summed E-state index contributed by atoms with van der Waals surface area (Å²) in [6, 6.07) is 0. The monoisotopic (exact) mass is 508 g/mol. The molecule has 6 rings (SSSR count). The molecule has 37 heavy (non-hydrogen) atoms. The van der Waals surface area contributed by atoms with Gasteiger partial charge in [0.2, 0.25) is 0 Å². The predicted molar refractivity (Wildman–Crippen MR) is 152 cm³/mol. The third-order valence-electron chi connectivity index (χ3n) is 15.1. The van der Waals surface area contributed by atoms with Crippen LogP contribution in [0, 0.1) is 62.6 Å². The first-order valence-corrected chi connectivity index (χ1v) is 16.2. The van der Waals surface area contributed by atoms with Crippen LogP contribution in [-0.2, 0) is 9.53 Å². The van der Waals surface area contributed by atoms with E-state index in [1.165, 1.54) is 77.0 Å². The van der Waals surface area contributed by atoms with Crippen molar-refractivity contribution in [1.29, 1.82) is 0 Å². The first-order valence-electron chi connectivity index (χ1n) is 16.2. The summed E-state index contributed by atoms with van der Waals surface area (Å²) in [5.41, 5.74) is 2.59. The van der Waals surface area contributed by atoms with Gasteiger partial charge in [0.1, 0.15) is 6.10 Å². The van der Waals surface area contributed by atoms with Gasteiger partial charge in [0.05, 0.1) is 0 Å². The van der Waals surface area contributed by atoms with E-state index in [4.69, 9.17) is 4.74 Å². The molecule has 0 amide bonds. The highest BCUT2D eigenvalue weighted by atomic mass is 16.5. The number of fused-ring (bicyclic) bond motifs is 7. The van der Waals surface area contributed by atoms with Crippen LogP contribution >= 0.6 is 0 Å². The zero-order valence-electron chi connectivity index (χ0n) is 25.2. The number of rotatable bonds is 4. The summed E-state index contributed by atoms with van der Waals surface area (Å²) in [5.74, 6) is 5.06. The molecule has 0 unspecified atom stereocenters. The van der Waals surface area contributed by atoms with Crippen LogP contribution in [0.5, 0.6) is 0 Å². The van der Waals surface area contributed by atoms with E-state index < -0.39 is 0 Å². The van der Waals surface area contributed by atoms with Crippen molar-refractivity contribution >= 4 is 5.97 Å². The van der Waals surface area contributed by atoms with Crippen molar-refractivity contribution in [3.63, 3.8) is 0 Å². The highest BCUT2D eigenvalue weighted by molar-refractivity contribution is 5.84. The van der Waals surface area contributed by atoms with Gasteiger partial charge in [-0.15, -0.1) is 0 Å². The van der Waals surface area contributed by atoms with Crippen LogP contribution in [0.4, 0.5) is 0 Å². The lowest BCUT2D eigenvalue weighted by Gasteiger charge is -2.73. The van der Waals surface area contributed by atoms with Gasteiger partial charge in [-0.1, -0.05) is 54.9 Å². The third kappa shape index (κ3) is 3.65. The summed E-state index contributed by atoms with van der Waals surface area (Å²) in [4.78, 5) is 11.5. The summed E-state index contributed by atoms with van der Waals surface area (Å²) < 4.78 is 5.45. The van der Waals surface area contributed by atoms with E-state index in [1.807, 2.05) is 6.08 Å². The fourth-order valence-corrected chi connectivity index (χ4v) is 13.2. The second kappa shape index (κ2) is 8.60. The Labute approximate surface area is 228 Å². The van der Waals surface area contributed by atoms with Gasteiger partial charge in [-0.25, -0.2) is 4.79 Å². The van der Waals surface area contributed by atoms with Gasteiger partial charge < -0.3 is 4.74 Å². The molecule has 208 valence electrons. The molecule has 0 aromatic heterocycles. The molecular formula is C35H56O2. The van der Waals surface area contributed by atoms with Crippen LogP contribution in [0.15, 0.2) is 12.2 Å². The average molecular weight is 509 g/mol. The number of ether oxygens (including phenoxy) is 1. The Balaban J connectivity index is 1.22. The summed E-state index contributed by atoms with van der Waals surface area (Å²) in [6.45, 7) is 18.8. The second-order valence-corrected chi connectivity index (χ2v) is 16.7. The van der Waals surface area contributed by atoms with Crippen LogP contribution in [-0.4, -0.2) is 12.1 Å². The van der Waals surface area contributed by atoms with Crippen molar-refractivity contribution < 1.29 is 9.53 Å². The molecule has 5 saturated carbocycles. The standard InChI is InChI=1S/C35H56O2/c1-23(9-10-24-11-14-30(36)37-24)25-15-20-32(4)26(25)16-21-34(6)28(32)12-13-29-33(5)19-8-18-31(2,3)27(33)17-22-35(29,34)7/h11,14,23-29H,8-10,12-13,15-22H2,1-7H3/t23-,24-,25-,26+,27+,28-,29-,32+,33+,34-,35-/m1/s1. The van der Waals surface area contributed by atoms with Crippen molar-refractivity contribution in [3.05, 3.63) is 12.2 Å². The summed E-state index contributed by atoms with van der Waals surface area (Å²) in [5, 5.41) is 0. The summed E-state index contributed by atoms with van der Waals surface area (Å²) >= 11 is 0. The van der Waals surface area contributed by atoms with E-state index in [9.17, 15) is 4.79 Å². The van der Waals surface area contributed by atoms with E-state index in [-0.39, 0.29) is 12.1 Å². The number of hydrogen-bond donors (Lipinski definition) is 0. The van der Waals surface area contributed by atoms with Gasteiger partial charge in [0, 0.05) is 6.08 Å². The molecule has 0 bridgehead atoms. The molecule has 5 fully saturated rings. The topological polar surface area (TPSA) is 26.3 Å². The number of carbonyl (C=O) groups excluding carboxylic acids is 1. The molecule has 1 aliphatic heterocycles. The lowest BCUT2D eigenvalue weighted by molar-refractivity contribution is -0.241. The minimum atomic E-state index is -0.151. The second-order valence-electron chi connectivity index (χ2n) is 16.7. The zero-order chi connectivity index (χ0) is 26.4. The van der Waals surface area contributed by atoms with Crippen molar-refractivity contribution in [2.24, 2.45) is 62.6 Å². The molecule has 5 aliphatic carbocycles. The molecule has 0 aromatic rings. The van der Waals surface area contributed by atoms with E-state index in [1.54, 1.807) is 6.08 Å². The quantitative estimate of drug-likeness (QED) is 0.354. The Morgan fingerprint density at radius 1 is 0.811 bits per heavy atom. The summed E-state index contributed by atoms with van der Waals surface area (Å²) in [6.07, 6.45) is 21.9. The molecule has 2 nitrogen and oxygen atoms in total. The Bertz CT molecular complexity index is 949. The highest BCUT2D eigenvalue weighted by Gasteiger charge is 2.70. The zero-order valence-corrected chi connectivity index (χ0v) is 25.2. The SMILES string of the molecule is C[C@H](CC[C@@H]1C=CC(=O)O1)[C@H]1CC[C@]2(C)[C@H]3CC[C@@H]4[C@@]5(C)CCCC(C)(C)[C@@H]5CC[C@@]4(C)[C@]3(C)CC[C@@H]12. The van der Waals surface area contributed by atoms with Crippen molar-refractivity contribution in [2.75, 3.05) is 0 Å². The van der Waals surface area contributed by atoms with Gasteiger partial charge >= 0.3 is 5.97 Å². The van der Waals surface area contributed by atoms with E-state index >= 15 is 0 Å². The maximum absolute atomic E-state index is 11.5. The van der Waals surface area contributed by atoms with Crippen molar-refractivity contribution in [2.45, 2.75) is 138 Å². The smallest absolute Gasteiger partial charge is 0.331 e. The van der Waals surface area contributed by atoms with Gasteiger partial charge in [-0.3, -0.25) is 0 Å². The number of esters is 1. The average Bonchev–Trinajstić information content (AvgIpc) is 3.40. The maximum atomic E-state index is 11.5. The molecule has 11 atom stereocenters. The normalized spacial score (nSPS) is 53.0. The molecule has 0 spiro atoms. The van der Waals surface area contributed by atoms with Gasteiger partial charge in [0.15, 0.2) is 0 Å². The van der Waals surface area contributed by atoms with Gasteiger partial charge in [-0.05, 0) is 146 Å². The minimum Gasteiger partial charge on any atom is -0.455 e. The van der Waals surface area contributed by atoms with Crippen LogP contribution in [0.3, 0.4) is 0 Å². The Kier molecular flexibility index (Phi) is 6.15. The third-order valence-corrected chi connectivity index (χ3v) is 15.1. The molecule has 2 heteroatoms. The molecule has 0 aromatic carbocycles. The maximum Gasteiger partial charge on any atom is 0.331 e. The minimum absolute atomic E-state index is 0.0221. The van der Waals surface area contributed by atoms with E-state index in [0.29, 0.717) is 27.1 Å². The Morgan fingerprint density at radius 3 is 2.16 bits per heavy atom. The van der Waals surface area contributed by atoms with Gasteiger partial charge in [0.25, 0.3) is 0 Å². The highest BCUT2D eigenvalue weighted by Crippen LogP contribution is 2.78. The van der Waals surface area contributed by atoms with Crippen molar-refractivity contribution in [3.8, 4) is 0 Å². The number of cyclic esters (lactones) is 1. The summed E-state index contributed by atoms with van der Waals surface area (Å²) in [7, 11) is 0. The first kappa shape index (κ1) is 26.4. The first-order chi connectivity index (χ1) is 17.4. The molecule has 1 heterocycles. The lowest BCUT2D eigenvalue weighted by atomic mass is 9.32. The van der Waals surface area contributed by atoms with E-state index in [2.05, 4.69) is 48.5 Å². The Hall–Kier alpha value is -0.790. The molecular weight excluding hydrogens is 452 g/mol. The van der Waals surface area contributed by atoms with Crippen molar-refractivity contribution in [1.82, 2.24) is 0 Å². The van der Waals surface area contributed by atoms with Gasteiger partial charge in [-0.2, -0.15) is 0 Å². The molecule has 0 saturated heterocycles. The van der Waals surface area contributed by atoms with Crippen LogP contribution in [0.25, 0.3) is 0 Å². The largest absolute Gasteiger partial charge is 0.455 e. The van der Waals surface area contributed by atoms with Crippen LogP contribution in [0.2, 0.25) is 0 Å². The van der Waals surface area contributed by atoms with Crippen LogP contribution < -0.4 is 0 Å². The number of hydrogen-bond acceptors (Lipinski definition) is 2. The van der Waals surface area contributed by atoms with Crippen LogP contribution in [0.1, 0.15) is 132 Å². The predicted octanol–water partition coefficient (Wildman–Crippen LogP) is 9.38. The fourth-order valence-electron chi connectivity index (χ4n) is 13.2. The lowest BCUT2D eigenvalue weighted by Crippen LogP contribution is -2.65. The molecule has 6 aliphatic rings. The molecule has 0 N–H and O–H groups in total.